The fourth-order valence-corrected chi connectivity index (χ4v) is 3.15. The smallest absolute Gasteiger partial charge is 0.258 e. The molecule has 3 nitrogen and oxygen atoms in total. The van der Waals surface area contributed by atoms with Gasteiger partial charge in [0, 0.05) is 18.8 Å². The van der Waals surface area contributed by atoms with Gasteiger partial charge in [0.1, 0.15) is 0 Å². The van der Waals surface area contributed by atoms with Gasteiger partial charge in [0.15, 0.2) is 11.6 Å². The molecular weight excluding hydrogens is 334 g/mol. The van der Waals surface area contributed by atoms with E-state index in [1.54, 1.807) is 12.1 Å². The molecule has 24 heavy (non-hydrogen) atoms. The minimum absolute atomic E-state index is 0.341. The van der Waals surface area contributed by atoms with Crippen molar-refractivity contribution in [3.05, 3.63) is 58.6 Å². The lowest BCUT2D eigenvalue weighted by molar-refractivity contribution is 0.102. The summed E-state index contributed by atoms with van der Waals surface area (Å²) < 4.78 is 26.9. The maximum absolute atomic E-state index is 13.7. The number of nitrogens with one attached hydrogen (secondary N) is 1. The number of rotatable bonds is 3. The van der Waals surface area contributed by atoms with Crippen LogP contribution in [0.15, 0.2) is 36.4 Å². The molecule has 1 N–H and O–H groups in total. The molecule has 1 aliphatic rings. The van der Waals surface area contributed by atoms with E-state index in [4.69, 9.17) is 11.6 Å². The summed E-state index contributed by atoms with van der Waals surface area (Å²) in [6.07, 6.45) is 3.49. The Morgan fingerprint density at radius 3 is 2.54 bits per heavy atom. The standard InChI is InChI=1S/C18H17ClF2N2O/c19-14-11-12(7-8-16(14)23-9-2-1-3-10-23)22-18(24)13-5-4-6-15(20)17(13)21/h4-8,11H,1-3,9-10H2,(H,22,24). The zero-order valence-electron chi connectivity index (χ0n) is 13.0. The lowest BCUT2D eigenvalue weighted by Gasteiger charge is -2.29. The number of carbonyl (C=O) groups is 1. The minimum Gasteiger partial charge on any atom is -0.370 e. The van der Waals surface area contributed by atoms with E-state index in [0.717, 1.165) is 37.7 Å². The van der Waals surface area contributed by atoms with Gasteiger partial charge in [0.2, 0.25) is 0 Å². The number of anilines is 2. The largest absolute Gasteiger partial charge is 0.370 e. The van der Waals surface area contributed by atoms with E-state index in [2.05, 4.69) is 10.2 Å². The van der Waals surface area contributed by atoms with Crippen molar-refractivity contribution < 1.29 is 13.6 Å². The molecule has 0 aliphatic carbocycles. The molecular formula is C18H17ClF2N2O. The van der Waals surface area contributed by atoms with E-state index in [1.165, 1.54) is 18.6 Å². The van der Waals surface area contributed by atoms with E-state index >= 15 is 0 Å². The van der Waals surface area contributed by atoms with Crippen LogP contribution in [0.5, 0.6) is 0 Å². The number of hydrogen-bond acceptors (Lipinski definition) is 2. The van der Waals surface area contributed by atoms with Crippen LogP contribution >= 0.6 is 11.6 Å². The Labute approximate surface area is 144 Å². The van der Waals surface area contributed by atoms with Gasteiger partial charge in [-0.05, 0) is 49.6 Å². The first kappa shape index (κ1) is 16.7. The highest BCUT2D eigenvalue weighted by atomic mass is 35.5. The van der Waals surface area contributed by atoms with Crippen LogP contribution in [0.4, 0.5) is 20.2 Å². The summed E-state index contributed by atoms with van der Waals surface area (Å²) in [5, 5.41) is 3.07. The molecule has 0 atom stereocenters. The Morgan fingerprint density at radius 1 is 1.08 bits per heavy atom. The van der Waals surface area contributed by atoms with Gasteiger partial charge in [-0.15, -0.1) is 0 Å². The third-order valence-corrected chi connectivity index (χ3v) is 4.40. The number of nitrogens with zero attached hydrogens (tertiary/aromatic N) is 1. The second-order valence-electron chi connectivity index (χ2n) is 5.77. The van der Waals surface area contributed by atoms with Crippen molar-refractivity contribution in [2.45, 2.75) is 19.3 Å². The quantitative estimate of drug-likeness (QED) is 0.857. The SMILES string of the molecule is O=C(Nc1ccc(N2CCCCC2)c(Cl)c1)c1cccc(F)c1F. The van der Waals surface area contributed by atoms with Crippen LogP contribution in [0.2, 0.25) is 5.02 Å². The minimum atomic E-state index is -1.16. The molecule has 0 aromatic heterocycles. The average molecular weight is 351 g/mol. The van der Waals surface area contributed by atoms with Crippen molar-refractivity contribution in [1.29, 1.82) is 0 Å². The van der Waals surface area contributed by atoms with Crippen LogP contribution < -0.4 is 10.2 Å². The third kappa shape index (κ3) is 3.51. The van der Waals surface area contributed by atoms with Gasteiger partial charge < -0.3 is 10.2 Å². The molecule has 1 saturated heterocycles. The molecule has 1 aliphatic heterocycles. The van der Waals surface area contributed by atoms with Crippen molar-refractivity contribution in [1.82, 2.24) is 0 Å². The lowest BCUT2D eigenvalue weighted by atomic mass is 10.1. The molecule has 1 heterocycles. The number of piperidine rings is 1. The van der Waals surface area contributed by atoms with Gasteiger partial charge in [0.25, 0.3) is 5.91 Å². The van der Waals surface area contributed by atoms with Crippen molar-refractivity contribution in [3.8, 4) is 0 Å². The Hall–Kier alpha value is -2.14. The zero-order chi connectivity index (χ0) is 17.1. The molecule has 0 unspecified atom stereocenters. The second kappa shape index (κ2) is 7.18. The van der Waals surface area contributed by atoms with Crippen LogP contribution in [0.1, 0.15) is 29.6 Å². The fraction of sp³-hybridized carbons (Fsp3) is 0.278. The molecule has 0 radical (unpaired) electrons. The Kier molecular flexibility index (Phi) is 5.00. The molecule has 2 aromatic rings. The highest BCUT2D eigenvalue weighted by Crippen LogP contribution is 2.31. The predicted octanol–water partition coefficient (Wildman–Crippen LogP) is 4.86. The first-order chi connectivity index (χ1) is 11.6. The average Bonchev–Trinajstić information content (AvgIpc) is 2.58. The molecule has 126 valence electrons. The van der Waals surface area contributed by atoms with E-state index in [9.17, 15) is 13.6 Å². The summed E-state index contributed by atoms with van der Waals surface area (Å²) in [6, 6.07) is 8.67. The molecule has 0 spiro atoms. The topological polar surface area (TPSA) is 32.3 Å². The van der Waals surface area contributed by atoms with Crippen LogP contribution in [-0.2, 0) is 0 Å². The molecule has 2 aromatic carbocycles. The first-order valence-corrected chi connectivity index (χ1v) is 8.24. The molecule has 0 saturated carbocycles. The molecule has 1 amide bonds. The maximum atomic E-state index is 13.7. The number of hydrogen-bond donors (Lipinski definition) is 1. The molecule has 1 fully saturated rings. The fourth-order valence-electron chi connectivity index (χ4n) is 2.85. The van der Waals surface area contributed by atoms with Crippen molar-refractivity contribution in [2.75, 3.05) is 23.3 Å². The van der Waals surface area contributed by atoms with Gasteiger partial charge in [-0.3, -0.25) is 4.79 Å². The van der Waals surface area contributed by atoms with E-state index in [-0.39, 0.29) is 5.56 Å². The monoisotopic (exact) mass is 350 g/mol. The van der Waals surface area contributed by atoms with E-state index in [1.807, 2.05) is 6.07 Å². The van der Waals surface area contributed by atoms with Crippen LogP contribution in [-0.4, -0.2) is 19.0 Å². The number of benzene rings is 2. The Bertz CT molecular complexity index is 761. The molecule has 3 rings (SSSR count). The summed E-state index contributed by atoms with van der Waals surface area (Å²) >= 11 is 6.32. The highest BCUT2D eigenvalue weighted by Gasteiger charge is 2.17. The van der Waals surface area contributed by atoms with E-state index in [0.29, 0.717) is 10.7 Å². The predicted molar refractivity (Wildman–Crippen MR) is 91.8 cm³/mol. The first-order valence-electron chi connectivity index (χ1n) is 7.86. The summed E-state index contributed by atoms with van der Waals surface area (Å²) in [5.74, 6) is -2.93. The van der Waals surface area contributed by atoms with Crippen LogP contribution in [0.3, 0.4) is 0 Å². The van der Waals surface area contributed by atoms with Gasteiger partial charge in [-0.1, -0.05) is 17.7 Å². The van der Waals surface area contributed by atoms with Gasteiger partial charge in [-0.25, -0.2) is 8.78 Å². The lowest BCUT2D eigenvalue weighted by Crippen LogP contribution is -2.29. The summed E-state index contributed by atoms with van der Waals surface area (Å²) in [7, 11) is 0. The summed E-state index contributed by atoms with van der Waals surface area (Å²) in [5.41, 5.74) is 1.02. The van der Waals surface area contributed by atoms with Crippen LogP contribution in [0.25, 0.3) is 0 Å². The van der Waals surface area contributed by atoms with E-state index < -0.39 is 17.5 Å². The van der Waals surface area contributed by atoms with Gasteiger partial charge in [-0.2, -0.15) is 0 Å². The van der Waals surface area contributed by atoms with Gasteiger partial charge >= 0.3 is 0 Å². The summed E-state index contributed by atoms with van der Waals surface area (Å²) in [4.78, 5) is 14.3. The molecule has 6 heteroatoms. The summed E-state index contributed by atoms with van der Waals surface area (Å²) in [6.45, 7) is 1.92. The highest BCUT2D eigenvalue weighted by molar-refractivity contribution is 6.33. The van der Waals surface area contributed by atoms with Crippen molar-refractivity contribution >= 4 is 28.9 Å². The number of carbonyl (C=O) groups excluding carboxylic acids is 1. The number of halogens is 3. The zero-order valence-corrected chi connectivity index (χ0v) is 13.7. The second-order valence-corrected chi connectivity index (χ2v) is 6.18. The third-order valence-electron chi connectivity index (χ3n) is 4.10. The van der Waals surface area contributed by atoms with Crippen molar-refractivity contribution in [3.63, 3.8) is 0 Å². The number of amides is 1. The normalized spacial score (nSPS) is 14.5. The van der Waals surface area contributed by atoms with Crippen molar-refractivity contribution in [2.24, 2.45) is 0 Å². The molecule has 0 bridgehead atoms. The Balaban J connectivity index is 1.77. The van der Waals surface area contributed by atoms with Gasteiger partial charge in [0.05, 0.1) is 16.3 Å². The van der Waals surface area contributed by atoms with Crippen LogP contribution in [0, 0.1) is 11.6 Å². The maximum Gasteiger partial charge on any atom is 0.258 e. The Morgan fingerprint density at radius 2 is 1.83 bits per heavy atom.